The number of ether oxygens (including phenoxy) is 2. The van der Waals surface area contributed by atoms with Crippen LogP contribution >= 0.6 is 0 Å². The summed E-state index contributed by atoms with van der Waals surface area (Å²) in [7, 11) is 0. The molecule has 1 saturated carbocycles. The van der Waals surface area contributed by atoms with Crippen molar-refractivity contribution >= 4 is 11.9 Å². The van der Waals surface area contributed by atoms with Crippen LogP contribution in [0.5, 0.6) is 11.5 Å². The first-order valence-corrected chi connectivity index (χ1v) is 9.11. The van der Waals surface area contributed by atoms with Gasteiger partial charge in [-0.2, -0.15) is 0 Å². The number of rotatable bonds is 6. The lowest BCUT2D eigenvalue weighted by molar-refractivity contribution is -0.121. The number of amides is 1. The summed E-state index contributed by atoms with van der Waals surface area (Å²) >= 11 is 0. The highest BCUT2D eigenvalue weighted by molar-refractivity contribution is 5.87. The van der Waals surface area contributed by atoms with Crippen molar-refractivity contribution in [2.75, 3.05) is 13.2 Å². The maximum atomic E-state index is 12.6. The van der Waals surface area contributed by atoms with E-state index < -0.39 is 5.97 Å². The quantitative estimate of drug-likeness (QED) is 0.820. The normalized spacial score (nSPS) is 16.4. The number of carboxylic acids is 1. The number of carbonyl (C=O) groups excluding carboxylic acids is 1. The van der Waals surface area contributed by atoms with Gasteiger partial charge in [0.2, 0.25) is 5.91 Å². The number of aromatic carboxylic acids is 1. The Labute approximate surface area is 157 Å². The molecule has 0 spiro atoms. The number of benzene rings is 2. The molecule has 2 N–H and O–H groups in total. The van der Waals surface area contributed by atoms with Crippen LogP contribution in [0, 0.1) is 5.92 Å². The zero-order valence-corrected chi connectivity index (χ0v) is 14.8. The zero-order chi connectivity index (χ0) is 18.8. The Morgan fingerprint density at radius 2 is 1.74 bits per heavy atom. The molecule has 1 atom stereocenters. The monoisotopic (exact) mass is 367 g/mol. The van der Waals surface area contributed by atoms with Crippen molar-refractivity contribution in [2.45, 2.75) is 25.3 Å². The molecule has 4 rings (SSSR count). The number of nitrogens with one attached hydrogen (secondary N) is 1. The minimum Gasteiger partial charge on any atom is -0.486 e. The Balaban J connectivity index is 1.45. The second-order valence-corrected chi connectivity index (χ2v) is 6.96. The van der Waals surface area contributed by atoms with E-state index in [1.807, 2.05) is 18.2 Å². The van der Waals surface area contributed by atoms with Gasteiger partial charge in [0.05, 0.1) is 18.0 Å². The van der Waals surface area contributed by atoms with Crippen LogP contribution in [0.3, 0.4) is 0 Å². The van der Waals surface area contributed by atoms with E-state index in [2.05, 4.69) is 5.32 Å². The van der Waals surface area contributed by atoms with Crippen molar-refractivity contribution in [3.8, 4) is 11.5 Å². The average molecular weight is 367 g/mol. The first kappa shape index (κ1) is 17.4. The van der Waals surface area contributed by atoms with Crippen LogP contribution in [-0.2, 0) is 11.2 Å². The second-order valence-electron chi connectivity index (χ2n) is 6.96. The summed E-state index contributed by atoms with van der Waals surface area (Å²) in [6.45, 7) is 1.08. The summed E-state index contributed by atoms with van der Waals surface area (Å²) in [5.74, 6) is 0.849. The lowest BCUT2D eigenvalue weighted by Crippen LogP contribution is -2.31. The maximum Gasteiger partial charge on any atom is 0.335 e. The summed E-state index contributed by atoms with van der Waals surface area (Å²) in [6.07, 6.45) is 2.40. The maximum absolute atomic E-state index is 12.6. The van der Waals surface area contributed by atoms with Gasteiger partial charge in [0.25, 0.3) is 0 Å². The van der Waals surface area contributed by atoms with E-state index in [1.54, 1.807) is 12.1 Å². The van der Waals surface area contributed by atoms with Crippen molar-refractivity contribution in [1.29, 1.82) is 0 Å². The standard InChI is InChI=1S/C21H21NO5/c23-19(11-13-1-3-15(4-2-13)21(24)25)22-20(14-5-6-14)16-7-8-17-18(12-16)27-10-9-26-17/h1-4,7-8,12,14,20H,5-6,9-11H2,(H,22,23)(H,24,25). The molecule has 1 aliphatic heterocycles. The van der Waals surface area contributed by atoms with Gasteiger partial charge in [0.1, 0.15) is 13.2 Å². The molecule has 140 valence electrons. The molecule has 6 heteroatoms. The van der Waals surface area contributed by atoms with Gasteiger partial charge in [-0.25, -0.2) is 4.79 Å². The molecular weight excluding hydrogens is 346 g/mol. The fourth-order valence-electron chi connectivity index (χ4n) is 3.33. The first-order valence-electron chi connectivity index (χ1n) is 9.11. The Kier molecular flexibility index (Phi) is 4.71. The molecule has 0 saturated heterocycles. The number of carbonyl (C=O) groups is 2. The molecular formula is C21H21NO5. The predicted molar refractivity (Wildman–Crippen MR) is 98.1 cm³/mol. The third-order valence-corrected chi connectivity index (χ3v) is 4.90. The van der Waals surface area contributed by atoms with Crippen molar-refractivity contribution < 1.29 is 24.2 Å². The fourth-order valence-corrected chi connectivity index (χ4v) is 3.33. The minimum absolute atomic E-state index is 0.0494. The molecule has 1 fully saturated rings. The third-order valence-electron chi connectivity index (χ3n) is 4.90. The zero-order valence-electron chi connectivity index (χ0n) is 14.8. The molecule has 0 aromatic heterocycles. The van der Waals surface area contributed by atoms with Gasteiger partial charge in [-0.15, -0.1) is 0 Å². The molecule has 6 nitrogen and oxygen atoms in total. The molecule has 2 aromatic carbocycles. The SMILES string of the molecule is O=C(Cc1ccc(C(=O)O)cc1)NC(c1ccc2c(c1)OCCO2)C1CC1. The van der Waals surface area contributed by atoms with Gasteiger partial charge in [-0.1, -0.05) is 18.2 Å². The molecule has 1 heterocycles. The molecule has 2 aliphatic rings. The molecule has 2 aromatic rings. The lowest BCUT2D eigenvalue weighted by Gasteiger charge is -2.23. The van der Waals surface area contributed by atoms with Gasteiger partial charge < -0.3 is 19.9 Å². The van der Waals surface area contributed by atoms with Crippen molar-refractivity contribution in [3.63, 3.8) is 0 Å². The topological polar surface area (TPSA) is 84.9 Å². The van der Waals surface area contributed by atoms with E-state index in [4.69, 9.17) is 14.6 Å². The highest BCUT2D eigenvalue weighted by Gasteiger charge is 2.34. The Morgan fingerprint density at radius 3 is 2.41 bits per heavy atom. The van der Waals surface area contributed by atoms with Crippen LogP contribution in [0.2, 0.25) is 0 Å². The second kappa shape index (κ2) is 7.31. The summed E-state index contributed by atoms with van der Waals surface area (Å²) in [5, 5.41) is 12.1. The van der Waals surface area contributed by atoms with Gasteiger partial charge in [0, 0.05) is 0 Å². The summed E-state index contributed by atoms with van der Waals surface area (Å²) in [5.41, 5.74) is 2.02. The summed E-state index contributed by atoms with van der Waals surface area (Å²) in [6, 6.07) is 12.2. The average Bonchev–Trinajstić information content (AvgIpc) is 3.51. The number of fused-ring (bicyclic) bond motifs is 1. The van der Waals surface area contributed by atoms with Crippen LogP contribution in [-0.4, -0.2) is 30.2 Å². The molecule has 0 bridgehead atoms. The van der Waals surface area contributed by atoms with Crippen LogP contribution in [0.25, 0.3) is 0 Å². The lowest BCUT2D eigenvalue weighted by atomic mass is 10.0. The van der Waals surface area contributed by atoms with E-state index >= 15 is 0 Å². The smallest absolute Gasteiger partial charge is 0.335 e. The van der Waals surface area contributed by atoms with Crippen molar-refractivity contribution in [1.82, 2.24) is 5.32 Å². The molecule has 1 amide bonds. The van der Waals surface area contributed by atoms with Crippen molar-refractivity contribution in [2.24, 2.45) is 5.92 Å². The Bertz CT molecular complexity index is 857. The number of hydrogen-bond donors (Lipinski definition) is 2. The van der Waals surface area contributed by atoms with Gasteiger partial charge in [-0.3, -0.25) is 4.79 Å². The van der Waals surface area contributed by atoms with E-state index in [0.29, 0.717) is 19.1 Å². The molecule has 1 aliphatic carbocycles. The first-order chi connectivity index (χ1) is 13.1. The van der Waals surface area contributed by atoms with E-state index in [1.165, 1.54) is 12.1 Å². The summed E-state index contributed by atoms with van der Waals surface area (Å²) < 4.78 is 11.2. The van der Waals surface area contributed by atoms with Crippen LogP contribution in [0.4, 0.5) is 0 Å². The van der Waals surface area contributed by atoms with Gasteiger partial charge in [0.15, 0.2) is 11.5 Å². The highest BCUT2D eigenvalue weighted by Crippen LogP contribution is 2.43. The predicted octanol–water partition coefficient (Wildman–Crippen LogP) is 2.97. The summed E-state index contributed by atoms with van der Waals surface area (Å²) in [4.78, 5) is 23.5. The van der Waals surface area contributed by atoms with Crippen molar-refractivity contribution in [3.05, 3.63) is 59.2 Å². The van der Waals surface area contributed by atoms with E-state index in [-0.39, 0.29) is 23.9 Å². The Morgan fingerprint density at radius 1 is 1.04 bits per heavy atom. The number of hydrogen-bond acceptors (Lipinski definition) is 4. The number of carboxylic acid groups (broad SMARTS) is 1. The van der Waals surface area contributed by atoms with E-state index in [0.717, 1.165) is 35.5 Å². The van der Waals surface area contributed by atoms with E-state index in [9.17, 15) is 9.59 Å². The highest BCUT2D eigenvalue weighted by atomic mass is 16.6. The van der Waals surface area contributed by atoms with Crippen LogP contribution < -0.4 is 14.8 Å². The molecule has 0 radical (unpaired) electrons. The minimum atomic E-state index is -0.974. The molecule has 27 heavy (non-hydrogen) atoms. The molecule has 1 unspecified atom stereocenters. The van der Waals surface area contributed by atoms with Gasteiger partial charge >= 0.3 is 5.97 Å². The fraction of sp³-hybridized carbons (Fsp3) is 0.333. The van der Waals surface area contributed by atoms with Gasteiger partial charge in [-0.05, 0) is 54.2 Å². The van der Waals surface area contributed by atoms with Crippen LogP contribution in [0.1, 0.15) is 40.4 Å². The third kappa shape index (κ3) is 4.05. The van der Waals surface area contributed by atoms with Crippen LogP contribution in [0.15, 0.2) is 42.5 Å². The Hall–Kier alpha value is -3.02. The largest absolute Gasteiger partial charge is 0.486 e.